The van der Waals surface area contributed by atoms with Gasteiger partial charge in [0.1, 0.15) is 0 Å². The molecule has 0 bridgehead atoms. The van der Waals surface area contributed by atoms with Crippen molar-refractivity contribution in [1.82, 2.24) is 10.1 Å². The summed E-state index contributed by atoms with van der Waals surface area (Å²) < 4.78 is 29.6. The fourth-order valence-corrected chi connectivity index (χ4v) is 2.50. The maximum Gasteiger partial charge on any atom is 0.234 e. The molecule has 0 radical (unpaired) electrons. The smallest absolute Gasteiger partial charge is 0.234 e. The second-order valence-electron chi connectivity index (χ2n) is 5.33. The highest BCUT2D eigenvalue weighted by molar-refractivity contribution is 5.23. The first-order chi connectivity index (χ1) is 10.7. The lowest BCUT2D eigenvalue weighted by atomic mass is 9.80. The summed E-state index contributed by atoms with van der Waals surface area (Å²) in [5.74, 6) is 0.616. The van der Waals surface area contributed by atoms with Crippen LogP contribution in [0.1, 0.15) is 24.6 Å². The Labute approximate surface area is 127 Å². The number of nitrogens with two attached hydrogens (primary N) is 1. The molecular formula is C15H18FN3O3. The Morgan fingerprint density at radius 1 is 1.27 bits per heavy atom. The number of halogens is 1. The number of para-hydroxylation sites is 1. The van der Waals surface area contributed by atoms with Crippen LogP contribution in [0.3, 0.4) is 0 Å². The van der Waals surface area contributed by atoms with E-state index in [2.05, 4.69) is 10.1 Å². The van der Waals surface area contributed by atoms with Crippen molar-refractivity contribution in [1.29, 1.82) is 0 Å². The quantitative estimate of drug-likeness (QED) is 0.907. The molecule has 3 rings (SSSR count). The van der Waals surface area contributed by atoms with Gasteiger partial charge in [-0.05, 0) is 25.0 Å². The van der Waals surface area contributed by atoms with E-state index in [0.29, 0.717) is 31.5 Å². The molecule has 0 saturated carbocycles. The van der Waals surface area contributed by atoms with Gasteiger partial charge in [0.15, 0.2) is 18.2 Å². The van der Waals surface area contributed by atoms with Crippen LogP contribution in [0.15, 0.2) is 28.8 Å². The molecule has 0 spiro atoms. The molecule has 1 fully saturated rings. The second kappa shape index (κ2) is 6.41. The second-order valence-corrected chi connectivity index (χ2v) is 5.33. The Balaban J connectivity index is 1.69. The SMILES string of the molecule is NCC1(c2nc(COc3ccccc3F)no2)CCOCC1. The number of hydrogen-bond donors (Lipinski definition) is 1. The van der Waals surface area contributed by atoms with E-state index in [-0.39, 0.29) is 17.8 Å². The number of ether oxygens (including phenoxy) is 2. The third-order valence-electron chi connectivity index (χ3n) is 3.96. The van der Waals surface area contributed by atoms with Crippen molar-refractivity contribution in [3.05, 3.63) is 41.8 Å². The highest BCUT2D eigenvalue weighted by Gasteiger charge is 2.38. The molecule has 0 unspecified atom stereocenters. The Kier molecular flexibility index (Phi) is 4.35. The zero-order valence-electron chi connectivity index (χ0n) is 12.1. The van der Waals surface area contributed by atoms with Crippen LogP contribution in [0.2, 0.25) is 0 Å². The van der Waals surface area contributed by atoms with Crippen LogP contribution in [0, 0.1) is 5.82 Å². The van der Waals surface area contributed by atoms with Crippen molar-refractivity contribution in [3.63, 3.8) is 0 Å². The lowest BCUT2D eigenvalue weighted by Crippen LogP contribution is -2.40. The number of benzene rings is 1. The van der Waals surface area contributed by atoms with Crippen molar-refractivity contribution >= 4 is 0 Å². The molecule has 0 aliphatic carbocycles. The maximum atomic E-state index is 13.5. The van der Waals surface area contributed by atoms with Crippen molar-refractivity contribution < 1.29 is 18.4 Å². The van der Waals surface area contributed by atoms with Crippen molar-refractivity contribution in [2.45, 2.75) is 24.9 Å². The molecule has 2 heterocycles. The van der Waals surface area contributed by atoms with E-state index in [9.17, 15) is 4.39 Å². The zero-order chi connectivity index (χ0) is 15.4. The molecule has 1 aromatic carbocycles. The Morgan fingerprint density at radius 3 is 2.77 bits per heavy atom. The van der Waals surface area contributed by atoms with Crippen molar-refractivity contribution in [2.75, 3.05) is 19.8 Å². The summed E-state index contributed by atoms with van der Waals surface area (Å²) in [6.07, 6.45) is 1.50. The molecule has 0 amide bonds. The summed E-state index contributed by atoms with van der Waals surface area (Å²) in [5, 5.41) is 3.90. The standard InChI is InChI=1S/C15H18FN3O3/c16-11-3-1-2-4-12(11)21-9-13-18-14(22-19-13)15(10-17)5-7-20-8-6-15/h1-4H,5-10,17H2. The summed E-state index contributed by atoms with van der Waals surface area (Å²) in [5.41, 5.74) is 5.57. The van der Waals surface area contributed by atoms with E-state index in [1.165, 1.54) is 6.07 Å². The van der Waals surface area contributed by atoms with Crippen molar-refractivity contribution in [2.24, 2.45) is 5.73 Å². The van der Waals surface area contributed by atoms with Gasteiger partial charge in [0, 0.05) is 19.8 Å². The van der Waals surface area contributed by atoms with Crippen LogP contribution in [0.5, 0.6) is 5.75 Å². The highest BCUT2D eigenvalue weighted by atomic mass is 19.1. The Morgan fingerprint density at radius 2 is 2.05 bits per heavy atom. The minimum atomic E-state index is -0.422. The first-order valence-corrected chi connectivity index (χ1v) is 7.22. The van der Waals surface area contributed by atoms with E-state index >= 15 is 0 Å². The zero-order valence-corrected chi connectivity index (χ0v) is 12.1. The molecule has 1 aromatic heterocycles. The molecule has 1 aliphatic heterocycles. The lowest BCUT2D eigenvalue weighted by Gasteiger charge is -2.32. The summed E-state index contributed by atoms with van der Waals surface area (Å²) in [6.45, 7) is 1.72. The third kappa shape index (κ3) is 2.95. The summed E-state index contributed by atoms with van der Waals surface area (Å²) >= 11 is 0. The average molecular weight is 307 g/mol. The fraction of sp³-hybridized carbons (Fsp3) is 0.467. The molecular weight excluding hydrogens is 289 g/mol. The molecule has 7 heteroatoms. The van der Waals surface area contributed by atoms with E-state index in [4.69, 9.17) is 19.7 Å². The van der Waals surface area contributed by atoms with Crippen molar-refractivity contribution in [3.8, 4) is 5.75 Å². The lowest BCUT2D eigenvalue weighted by molar-refractivity contribution is 0.0409. The molecule has 118 valence electrons. The van der Waals surface area contributed by atoms with Gasteiger partial charge in [-0.1, -0.05) is 17.3 Å². The van der Waals surface area contributed by atoms with E-state index < -0.39 is 5.82 Å². The predicted molar refractivity (Wildman–Crippen MR) is 75.8 cm³/mol. The third-order valence-corrected chi connectivity index (χ3v) is 3.96. The highest BCUT2D eigenvalue weighted by Crippen LogP contribution is 2.32. The van der Waals surface area contributed by atoms with Crippen LogP contribution >= 0.6 is 0 Å². The van der Waals surface area contributed by atoms with Crippen LogP contribution in [0.4, 0.5) is 4.39 Å². The minimum absolute atomic E-state index is 0.0432. The van der Waals surface area contributed by atoms with Gasteiger partial charge < -0.3 is 19.7 Å². The topological polar surface area (TPSA) is 83.4 Å². The Hall–Kier alpha value is -1.99. The maximum absolute atomic E-state index is 13.5. The molecule has 1 saturated heterocycles. The fourth-order valence-electron chi connectivity index (χ4n) is 2.50. The molecule has 0 atom stereocenters. The first-order valence-electron chi connectivity index (χ1n) is 7.22. The van der Waals surface area contributed by atoms with Gasteiger partial charge in [-0.15, -0.1) is 0 Å². The number of aromatic nitrogens is 2. The average Bonchev–Trinajstić information content (AvgIpc) is 3.04. The van der Waals surface area contributed by atoms with Gasteiger partial charge in [0.2, 0.25) is 11.7 Å². The summed E-state index contributed by atoms with van der Waals surface area (Å²) in [7, 11) is 0. The molecule has 1 aliphatic rings. The molecule has 2 N–H and O–H groups in total. The van der Waals surface area contributed by atoms with E-state index in [1.807, 2.05) is 0 Å². The Bertz CT molecular complexity index is 626. The van der Waals surface area contributed by atoms with Gasteiger partial charge in [0.25, 0.3) is 0 Å². The van der Waals surface area contributed by atoms with Gasteiger partial charge in [-0.25, -0.2) is 4.39 Å². The normalized spacial score (nSPS) is 17.4. The largest absolute Gasteiger partial charge is 0.482 e. The summed E-state index contributed by atoms with van der Waals surface area (Å²) in [4.78, 5) is 4.36. The monoisotopic (exact) mass is 307 g/mol. The van der Waals surface area contributed by atoms with Crippen LogP contribution in [0.25, 0.3) is 0 Å². The van der Waals surface area contributed by atoms with Gasteiger partial charge in [-0.3, -0.25) is 0 Å². The van der Waals surface area contributed by atoms with Gasteiger partial charge in [0.05, 0.1) is 5.41 Å². The molecule has 2 aromatic rings. The summed E-state index contributed by atoms with van der Waals surface area (Å²) in [6, 6.07) is 6.19. The van der Waals surface area contributed by atoms with Gasteiger partial charge >= 0.3 is 0 Å². The first kappa shape index (κ1) is 14.9. The van der Waals surface area contributed by atoms with Gasteiger partial charge in [-0.2, -0.15) is 4.98 Å². The number of nitrogens with zero attached hydrogens (tertiary/aromatic N) is 2. The van der Waals surface area contributed by atoms with E-state index in [1.54, 1.807) is 18.2 Å². The van der Waals surface area contributed by atoms with Crippen LogP contribution < -0.4 is 10.5 Å². The number of hydrogen-bond acceptors (Lipinski definition) is 6. The molecule has 22 heavy (non-hydrogen) atoms. The number of rotatable bonds is 5. The minimum Gasteiger partial charge on any atom is -0.482 e. The predicted octanol–water partition coefficient (Wildman–Crippen LogP) is 1.79. The van der Waals surface area contributed by atoms with Crippen LogP contribution in [-0.4, -0.2) is 29.9 Å². The van der Waals surface area contributed by atoms with Crippen LogP contribution in [-0.2, 0) is 16.8 Å². The molecule has 6 nitrogen and oxygen atoms in total. The van der Waals surface area contributed by atoms with E-state index in [0.717, 1.165) is 12.8 Å².